The highest BCUT2D eigenvalue weighted by molar-refractivity contribution is 6.31. The predicted octanol–water partition coefficient (Wildman–Crippen LogP) is 5.48. The number of amides is 1. The van der Waals surface area contributed by atoms with Crippen molar-refractivity contribution in [3.05, 3.63) is 76.3 Å². The first-order valence-corrected chi connectivity index (χ1v) is 9.18. The highest BCUT2D eigenvalue weighted by atomic mass is 35.5. The molecular formula is C19H11ClF8N4O. The minimum absolute atomic E-state index is 0.0516. The number of alkyl halides is 8. The van der Waals surface area contributed by atoms with Crippen molar-refractivity contribution in [3.63, 3.8) is 0 Å². The van der Waals surface area contributed by atoms with Gasteiger partial charge >= 0.3 is 12.4 Å². The number of hydrogen-bond donors (Lipinski definition) is 1. The molecule has 3 aromatic rings. The van der Waals surface area contributed by atoms with Crippen molar-refractivity contribution in [3.8, 4) is 5.69 Å². The third kappa shape index (κ3) is 5.41. The Labute approximate surface area is 185 Å². The lowest BCUT2D eigenvalue weighted by atomic mass is 10.1. The van der Waals surface area contributed by atoms with Crippen LogP contribution >= 0.6 is 11.6 Å². The SMILES string of the molecule is O=C(NCC(F)(F)c1ccc(-n2cc(C(F)(F)F)cn2)cc1Cl)c1cccnc1C(F)(F)F. The standard InChI is InChI=1S/C19H11ClF8N4O/c20-14-6-11(32-8-10(7-31-32)18(23,24)25)3-4-13(14)17(21,22)9-30-16(33)12-2-1-5-29-15(12)19(26,27)28/h1-8H,9H2,(H,30,33). The normalized spacial score (nSPS) is 12.6. The van der Waals surface area contributed by atoms with E-state index in [4.69, 9.17) is 11.6 Å². The number of carbonyl (C=O) groups excluding carboxylic acids is 1. The van der Waals surface area contributed by atoms with Crippen molar-refractivity contribution in [2.45, 2.75) is 18.3 Å². The number of aromatic nitrogens is 3. The molecule has 33 heavy (non-hydrogen) atoms. The molecule has 0 atom stereocenters. The number of carbonyl (C=O) groups is 1. The van der Waals surface area contributed by atoms with E-state index in [1.807, 2.05) is 0 Å². The largest absolute Gasteiger partial charge is 0.434 e. The fourth-order valence-electron chi connectivity index (χ4n) is 2.75. The number of halogens is 9. The Morgan fingerprint density at radius 1 is 1.03 bits per heavy atom. The van der Waals surface area contributed by atoms with E-state index in [9.17, 15) is 39.9 Å². The van der Waals surface area contributed by atoms with Gasteiger partial charge in [0, 0.05) is 18.0 Å². The molecule has 0 aliphatic rings. The molecule has 0 saturated heterocycles. The van der Waals surface area contributed by atoms with Crippen LogP contribution in [0.15, 0.2) is 48.9 Å². The molecule has 1 aromatic carbocycles. The average molecular weight is 499 g/mol. The molecule has 1 N–H and O–H groups in total. The van der Waals surface area contributed by atoms with Crippen LogP contribution in [0, 0.1) is 0 Å². The molecule has 0 spiro atoms. The monoisotopic (exact) mass is 498 g/mol. The third-order valence-corrected chi connectivity index (χ3v) is 4.63. The maximum Gasteiger partial charge on any atom is 0.434 e. The lowest BCUT2D eigenvalue weighted by Gasteiger charge is -2.20. The summed E-state index contributed by atoms with van der Waals surface area (Å²) in [6, 6.07) is 4.58. The molecular weight excluding hydrogens is 488 g/mol. The summed E-state index contributed by atoms with van der Waals surface area (Å²) in [4.78, 5) is 15.1. The molecule has 0 fully saturated rings. The van der Waals surface area contributed by atoms with E-state index in [1.165, 1.54) is 0 Å². The number of hydrogen-bond acceptors (Lipinski definition) is 3. The Morgan fingerprint density at radius 2 is 1.73 bits per heavy atom. The van der Waals surface area contributed by atoms with Gasteiger partial charge in [0.2, 0.25) is 0 Å². The van der Waals surface area contributed by atoms with Gasteiger partial charge in [-0.3, -0.25) is 9.78 Å². The number of benzene rings is 1. The topological polar surface area (TPSA) is 59.8 Å². The molecule has 0 radical (unpaired) electrons. The van der Waals surface area contributed by atoms with Crippen molar-refractivity contribution < 1.29 is 39.9 Å². The van der Waals surface area contributed by atoms with E-state index in [-0.39, 0.29) is 5.69 Å². The number of nitrogens with zero attached hydrogens (tertiary/aromatic N) is 3. The second-order valence-electron chi connectivity index (χ2n) is 6.62. The average Bonchev–Trinajstić information content (AvgIpc) is 3.22. The summed E-state index contributed by atoms with van der Waals surface area (Å²) >= 11 is 5.86. The van der Waals surface area contributed by atoms with Gasteiger partial charge in [0.1, 0.15) is 0 Å². The molecule has 0 unspecified atom stereocenters. The molecule has 3 rings (SSSR count). The first kappa shape index (κ1) is 24.4. The third-order valence-electron chi connectivity index (χ3n) is 4.31. The number of rotatable bonds is 5. The molecule has 1 amide bonds. The van der Waals surface area contributed by atoms with E-state index >= 15 is 0 Å². The zero-order valence-electron chi connectivity index (χ0n) is 16.0. The van der Waals surface area contributed by atoms with Crippen LogP contribution in [0.1, 0.15) is 27.2 Å². The van der Waals surface area contributed by atoms with Crippen molar-refractivity contribution in [1.29, 1.82) is 0 Å². The Morgan fingerprint density at radius 3 is 2.30 bits per heavy atom. The van der Waals surface area contributed by atoms with Crippen molar-refractivity contribution in [1.82, 2.24) is 20.1 Å². The maximum absolute atomic E-state index is 14.6. The van der Waals surface area contributed by atoms with Gasteiger partial charge < -0.3 is 5.32 Å². The molecule has 176 valence electrons. The van der Waals surface area contributed by atoms with Gasteiger partial charge in [0.25, 0.3) is 11.8 Å². The Kier molecular flexibility index (Phi) is 6.37. The second-order valence-corrected chi connectivity index (χ2v) is 7.03. The summed E-state index contributed by atoms with van der Waals surface area (Å²) in [6.07, 6.45) is -7.66. The Balaban J connectivity index is 1.78. The van der Waals surface area contributed by atoms with Gasteiger partial charge in [0.15, 0.2) is 5.69 Å². The van der Waals surface area contributed by atoms with Crippen molar-refractivity contribution in [2.24, 2.45) is 0 Å². The van der Waals surface area contributed by atoms with Gasteiger partial charge in [-0.05, 0) is 30.3 Å². The van der Waals surface area contributed by atoms with Gasteiger partial charge in [-0.1, -0.05) is 11.6 Å². The smallest absolute Gasteiger partial charge is 0.346 e. The van der Waals surface area contributed by atoms with Gasteiger partial charge in [-0.15, -0.1) is 0 Å². The lowest BCUT2D eigenvalue weighted by Crippen LogP contribution is -2.36. The maximum atomic E-state index is 14.6. The predicted molar refractivity (Wildman–Crippen MR) is 99.0 cm³/mol. The van der Waals surface area contributed by atoms with Crippen LogP contribution in [-0.4, -0.2) is 27.2 Å². The fraction of sp³-hybridized carbons (Fsp3) is 0.211. The number of nitrogens with one attached hydrogen (secondary N) is 1. The van der Waals surface area contributed by atoms with Crippen LogP contribution in [0.4, 0.5) is 35.1 Å². The first-order chi connectivity index (χ1) is 15.2. The first-order valence-electron chi connectivity index (χ1n) is 8.80. The van der Waals surface area contributed by atoms with Crippen LogP contribution in [0.25, 0.3) is 5.69 Å². The van der Waals surface area contributed by atoms with Gasteiger partial charge in [-0.2, -0.15) is 40.2 Å². The van der Waals surface area contributed by atoms with Crippen LogP contribution < -0.4 is 5.32 Å². The van der Waals surface area contributed by atoms with E-state index in [0.29, 0.717) is 12.4 Å². The Bertz CT molecular complexity index is 1170. The van der Waals surface area contributed by atoms with Crippen LogP contribution in [0.3, 0.4) is 0 Å². The Hall–Kier alpha value is -3.22. The van der Waals surface area contributed by atoms with Gasteiger partial charge in [-0.25, -0.2) is 4.68 Å². The van der Waals surface area contributed by atoms with E-state index in [1.54, 1.807) is 5.32 Å². The summed E-state index contributed by atoms with van der Waals surface area (Å²) in [7, 11) is 0. The van der Waals surface area contributed by atoms with E-state index < -0.39 is 58.1 Å². The quantitative estimate of drug-likeness (QED) is 0.474. The van der Waals surface area contributed by atoms with E-state index in [0.717, 1.165) is 41.2 Å². The molecule has 2 heterocycles. The minimum Gasteiger partial charge on any atom is -0.346 e. The summed E-state index contributed by atoms with van der Waals surface area (Å²) in [5.41, 5.74) is -4.40. The fourth-order valence-corrected chi connectivity index (χ4v) is 3.06. The minimum atomic E-state index is -4.98. The van der Waals surface area contributed by atoms with Crippen molar-refractivity contribution in [2.75, 3.05) is 6.54 Å². The highest BCUT2D eigenvalue weighted by Crippen LogP contribution is 2.35. The lowest BCUT2D eigenvalue weighted by molar-refractivity contribution is -0.141. The molecule has 5 nitrogen and oxygen atoms in total. The van der Waals surface area contributed by atoms with Crippen molar-refractivity contribution >= 4 is 17.5 Å². The van der Waals surface area contributed by atoms with Crippen LogP contribution in [0.2, 0.25) is 5.02 Å². The summed E-state index contributed by atoms with van der Waals surface area (Å²) in [6.45, 7) is -1.41. The molecule has 0 aliphatic heterocycles. The summed E-state index contributed by atoms with van der Waals surface area (Å²) in [5.74, 6) is -5.26. The van der Waals surface area contributed by atoms with Crippen LogP contribution in [0.5, 0.6) is 0 Å². The van der Waals surface area contributed by atoms with Gasteiger partial charge in [0.05, 0.1) is 34.6 Å². The zero-order chi connectivity index (χ0) is 24.6. The summed E-state index contributed by atoms with van der Waals surface area (Å²) < 4.78 is 107. The molecule has 0 saturated carbocycles. The molecule has 2 aromatic heterocycles. The second kappa shape index (κ2) is 8.61. The van der Waals surface area contributed by atoms with E-state index in [2.05, 4.69) is 10.1 Å². The summed E-state index contributed by atoms with van der Waals surface area (Å²) in [5, 5.41) is 4.65. The molecule has 14 heteroatoms. The number of pyridine rings is 1. The zero-order valence-corrected chi connectivity index (χ0v) is 16.7. The molecule has 0 aliphatic carbocycles. The highest BCUT2D eigenvalue weighted by Gasteiger charge is 2.39. The van der Waals surface area contributed by atoms with Crippen LogP contribution in [-0.2, 0) is 18.3 Å². The molecule has 0 bridgehead atoms.